The Morgan fingerprint density at radius 3 is 3.05 bits per heavy atom. The number of benzene rings is 1. The molecule has 20 heavy (non-hydrogen) atoms. The quantitative estimate of drug-likeness (QED) is 0.896. The zero-order chi connectivity index (χ0) is 14.3. The van der Waals surface area contributed by atoms with E-state index in [-0.39, 0.29) is 17.6 Å². The minimum atomic E-state index is -0.232. The maximum Gasteiger partial charge on any atom is 0.225 e. The molecule has 1 unspecified atom stereocenters. The summed E-state index contributed by atoms with van der Waals surface area (Å²) in [5.41, 5.74) is 3.16. The van der Waals surface area contributed by atoms with Crippen molar-refractivity contribution in [2.24, 2.45) is 5.92 Å². The molecule has 1 N–H and O–H groups in total. The summed E-state index contributed by atoms with van der Waals surface area (Å²) in [6, 6.07) is 4.79. The molecular weight excluding hydrogens is 255 g/mol. The molecule has 2 heterocycles. The lowest BCUT2D eigenvalue weighted by atomic mass is 10.0. The summed E-state index contributed by atoms with van der Waals surface area (Å²) in [6.07, 6.45) is 1.67. The van der Waals surface area contributed by atoms with Crippen LogP contribution >= 0.6 is 0 Å². The fraction of sp³-hybridized carbons (Fsp3) is 0.438. The number of H-pyrrole nitrogens is 1. The van der Waals surface area contributed by atoms with Gasteiger partial charge >= 0.3 is 0 Å². The Hall–Kier alpha value is -1.84. The molecule has 0 bridgehead atoms. The second-order valence-electron chi connectivity index (χ2n) is 5.59. The van der Waals surface area contributed by atoms with E-state index in [0.717, 1.165) is 41.5 Å². The molecule has 1 atom stereocenters. The fourth-order valence-corrected chi connectivity index (χ4v) is 2.86. The summed E-state index contributed by atoms with van der Waals surface area (Å²) in [4.78, 5) is 17.5. The van der Waals surface area contributed by atoms with Gasteiger partial charge in [0.2, 0.25) is 5.91 Å². The number of nitrogens with one attached hydrogen (secondary N) is 1. The summed E-state index contributed by atoms with van der Waals surface area (Å²) in [7, 11) is 0. The van der Waals surface area contributed by atoms with Crippen LogP contribution in [-0.4, -0.2) is 22.3 Å². The minimum Gasteiger partial charge on any atom is -0.358 e. The zero-order valence-corrected chi connectivity index (χ0v) is 11.9. The fourth-order valence-electron chi connectivity index (χ4n) is 2.86. The maximum absolute atomic E-state index is 13.4. The third-order valence-corrected chi connectivity index (χ3v) is 4.28. The molecule has 1 amide bonds. The Labute approximate surface area is 117 Å². The van der Waals surface area contributed by atoms with Gasteiger partial charge < -0.3 is 9.88 Å². The van der Waals surface area contributed by atoms with Crippen molar-refractivity contribution < 1.29 is 9.18 Å². The van der Waals surface area contributed by atoms with Crippen molar-refractivity contribution in [3.63, 3.8) is 0 Å². The van der Waals surface area contributed by atoms with E-state index in [0.29, 0.717) is 6.54 Å². The summed E-state index contributed by atoms with van der Waals surface area (Å²) in [5.74, 6) is 0.0204. The van der Waals surface area contributed by atoms with Crippen molar-refractivity contribution in [3.8, 4) is 0 Å². The SMILES string of the molecule is CCC(C)C(=O)N1CCc2[nH]c3ccc(F)cc3c2C1. The molecule has 0 saturated heterocycles. The molecule has 0 radical (unpaired) electrons. The van der Waals surface area contributed by atoms with Crippen molar-refractivity contribution in [1.82, 2.24) is 9.88 Å². The number of rotatable bonds is 2. The van der Waals surface area contributed by atoms with Gasteiger partial charge in [0.25, 0.3) is 0 Å². The van der Waals surface area contributed by atoms with Crippen LogP contribution in [0.4, 0.5) is 4.39 Å². The Kier molecular flexibility index (Phi) is 3.24. The van der Waals surface area contributed by atoms with Crippen LogP contribution in [0.2, 0.25) is 0 Å². The molecule has 1 aliphatic rings. The van der Waals surface area contributed by atoms with Gasteiger partial charge in [0.05, 0.1) is 0 Å². The number of hydrogen-bond acceptors (Lipinski definition) is 1. The van der Waals surface area contributed by atoms with E-state index in [2.05, 4.69) is 4.98 Å². The Morgan fingerprint density at radius 1 is 1.50 bits per heavy atom. The smallest absolute Gasteiger partial charge is 0.225 e. The summed E-state index contributed by atoms with van der Waals surface area (Å²) in [6.45, 7) is 5.32. The predicted octanol–water partition coefficient (Wildman–Crippen LogP) is 3.24. The lowest BCUT2D eigenvalue weighted by Gasteiger charge is -2.29. The molecule has 0 spiro atoms. The number of carbonyl (C=O) groups is 1. The number of carbonyl (C=O) groups excluding carboxylic acids is 1. The van der Waals surface area contributed by atoms with E-state index in [4.69, 9.17) is 0 Å². The minimum absolute atomic E-state index is 0.0542. The second-order valence-corrected chi connectivity index (χ2v) is 5.59. The maximum atomic E-state index is 13.4. The Morgan fingerprint density at radius 2 is 2.30 bits per heavy atom. The molecule has 0 fully saturated rings. The van der Waals surface area contributed by atoms with Gasteiger partial charge in [-0.2, -0.15) is 0 Å². The molecule has 0 saturated carbocycles. The van der Waals surface area contributed by atoms with Gasteiger partial charge in [-0.05, 0) is 24.6 Å². The third-order valence-electron chi connectivity index (χ3n) is 4.28. The lowest BCUT2D eigenvalue weighted by Crippen LogP contribution is -2.38. The summed E-state index contributed by atoms with van der Waals surface area (Å²) >= 11 is 0. The molecule has 0 aliphatic carbocycles. The largest absolute Gasteiger partial charge is 0.358 e. The first-order valence-corrected chi connectivity index (χ1v) is 7.18. The number of amides is 1. The van der Waals surface area contributed by atoms with E-state index in [1.165, 1.54) is 6.07 Å². The van der Waals surface area contributed by atoms with Crippen molar-refractivity contribution >= 4 is 16.8 Å². The van der Waals surface area contributed by atoms with Gasteiger partial charge in [0.1, 0.15) is 5.82 Å². The molecule has 4 heteroatoms. The highest BCUT2D eigenvalue weighted by Gasteiger charge is 2.26. The topological polar surface area (TPSA) is 36.1 Å². The second kappa shape index (κ2) is 4.93. The normalized spacial score (nSPS) is 16.2. The summed E-state index contributed by atoms with van der Waals surface area (Å²) in [5, 5.41) is 0.904. The molecule has 106 valence electrons. The van der Waals surface area contributed by atoms with Crippen LogP contribution in [0.15, 0.2) is 18.2 Å². The number of nitrogens with zero attached hydrogens (tertiary/aromatic N) is 1. The van der Waals surface area contributed by atoms with E-state index in [1.54, 1.807) is 12.1 Å². The standard InChI is InChI=1S/C16H19FN2O/c1-3-10(2)16(20)19-7-6-15-13(9-19)12-8-11(17)4-5-14(12)18-15/h4-5,8,10,18H,3,6-7,9H2,1-2H3. The van der Waals surface area contributed by atoms with Crippen LogP contribution in [0, 0.1) is 11.7 Å². The predicted molar refractivity (Wildman–Crippen MR) is 76.8 cm³/mol. The van der Waals surface area contributed by atoms with Crippen molar-refractivity contribution in [3.05, 3.63) is 35.3 Å². The van der Waals surface area contributed by atoms with Crippen LogP contribution in [0.1, 0.15) is 31.5 Å². The molecule has 3 nitrogen and oxygen atoms in total. The third kappa shape index (κ3) is 2.09. The first-order chi connectivity index (χ1) is 9.60. The molecule has 1 aromatic heterocycles. The van der Waals surface area contributed by atoms with E-state index in [1.807, 2.05) is 18.7 Å². The number of halogens is 1. The van der Waals surface area contributed by atoms with Gasteiger partial charge in [-0.1, -0.05) is 13.8 Å². The zero-order valence-electron chi connectivity index (χ0n) is 11.9. The van der Waals surface area contributed by atoms with Gasteiger partial charge in [-0.25, -0.2) is 4.39 Å². The van der Waals surface area contributed by atoms with Gasteiger partial charge in [0.15, 0.2) is 0 Å². The van der Waals surface area contributed by atoms with Gasteiger partial charge in [-0.15, -0.1) is 0 Å². The molecule has 3 rings (SSSR count). The molecule has 2 aromatic rings. The first-order valence-electron chi connectivity index (χ1n) is 7.18. The molecule has 1 aromatic carbocycles. The van der Waals surface area contributed by atoms with E-state index < -0.39 is 0 Å². The lowest BCUT2D eigenvalue weighted by molar-refractivity contribution is -0.136. The summed E-state index contributed by atoms with van der Waals surface area (Å²) < 4.78 is 13.4. The molecule has 1 aliphatic heterocycles. The van der Waals surface area contributed by atoms with Crippen LogP contribution in [-0.2, 0) is 17.8 Å². The Balaban J connectivity index is 1.96. The van der Waals surface area contributed by atoms with Crippen molar-refractivity contribution in [2.75, 3.05) is 6.54 Å². The monoisotopic (exact) mass is 274 g/mol. The number of aromatic nitrogens is 1. The van der Waals surface area contributed by atoms with Gasteiger partial charge in [-0.3, -0.25) is 4.79 Å². The first kappa shape index (κ1) is 13.2. The number of hydrogen-bond donors (Lipinski definition) is 1. The highest BCUT2D eigenvalue weighted by molar-refractivity contribution is 5.86. The number of aromatic amines is 1. The average Bonchev–Trinajstić information content (AvgIpc) is 2.82. The van der Waals surface area contributed by atoms with Crippen LogP contribution in [0.5, 0.6) is 0 Å². The van der Waals surface area contributed by atoms with E-state index in [9.17, 15) is 9.18 Å². The Bertz CT molecular complexity index is 662. The van der Waals surface area contributed by atoms with Crippen LogP contribution in [0.25, 0.3) is 10.9 Å². The molecular formula is C16H19FN2O. The van der Waals surface area contributed by atoms with Crippen molar-refractivity contribution in [1.29, 1.82) is 0 Å². The van der Waals surface area contributed by atoms with Crippen LogP contribution < -0.4 is 0 Å². The number of fused-ring (bicyclic) bond motifs is 3. The highest BCUT2D eigenvalue weighted by atomic mass is 19.1. The van der Waals surface area contributed by atoms with E-state index >= 15 is 0 Å². The van der Waals surface area contributed by atoms with Crippen molar-refractivity contribution in [2.45, 2.75) is 33.2 Å². The average molecular weight is 274 g/mol. The van der Waals surface area contributed by atoms with Crippen LogP contribution in [0.3, 0.4) is 0 Å². The van der Waals surface area contributed by atoms with Gasteiger partial charge in [0, 0.05) is 47.6 Å². The highest BCUT2D eigenvalue weighted by Crippen LogP contribution is 2.29.